The van der Waals surface area contributed by atoms with Crippen molar-refractivity contribution in [3.8, 4) is 11.5 Å². The maximum absolute atomic E-state index is 11.5. The highest BCUT2D eigenvalue weighted by atomic mass is 32.2. The van der Waals surface area contributed by atoms with Gasteiger partial charge in [0.25, 0.3) is 0 Å². The molecule has 0 radical (unpaired) electrons. The lowest BCUT2D eigenvalue weighted by Crippen LogP contribution is -2.13. The SMILES string of the molecule is CS(=O)(=O)[C@H]1[C@@H](N)[C@@H]1c1ccc2c(c1)OCO2. The van der Waals surface area contributed by atoms with Gasteiger partial charge in [-0.1, -0.05) is 6.07 Å². The highest BCUT2D eigenvalue weighted by Crippen LogP contribution is 2.47. The van der Waals surface area contributed by atoms with Gasteiger partial charge in [0, 0.05) is 18.2 Å². The van der Waals surface area contributed by atoms with Crippen LogP contribution in [0.25, 0.3) is 0 Å². The van der Waals surface area contributed by atoms with Gasteiger partial charge >= 0.3 is 0 Å². The summed E-state index contributed by atoms with van der Waals surface area (Å²) in [6, 6.07) is 5.15. The third-order valence-electron chi connectivity index (χ3n) is 3.28. The van der Waals surface area contributed by atoms with Crippen LogP contribution in [0.5, 0.6) is 11.5 Å². The molecule has 2 N–H and O–H groups in total. The number of rotatable bonds is 2. The molecule has 92 valence electrons. The van der Waals surface area contributed by atoms with Gasteiger partial charge < -0.3 is 15.2 Å². The van der Waals surface area contributed by atoms with Crippen molar-refractivity contribution in [2.45, 2.75) is 17.2 Å². The van der Waals surface area contributed by atoms with Crippen molar-refractivity contribution in [1.82, 2.24) is 0 Å². The fourth-order valence-corrected chi connectivity index (χ4v) is 3.91. The number of benzene rings is 1. The molecule has 17 heavy (non-hydrogen) atoms. The molecule has 1 heterocycles. The van der Waals surface area contributed by atoms with E-state index in [9.17, 15) is 8.42 Å². The number of fused-ring (bicyclic) bond motifs is 1. The molecule has 2 aliphatic rings. The maximum atomic E-state index is 11.5. The molecule has 0 spiro atoms. The fourth-order valence-electron chi connectivity index (χ4n) is 2.39. The van der Waals surface area contributed by atoms with Crippen LogP contribution in [0.2, 0.25) is 0 Å². The summed E-state index contributed by atoms with van der Waals surface area (Å²) in [7, 11) is -3.09. The van der Waals surface area contributed by atoms with E-state index < -0.39 is 15.1 Å². The van der Waals surface area contributed by atoms with Crippen LogP contribution in [-0.2, 0) is 9.84 Å². The molecule has 1 aliphatic heterocycles. The van der Waals surface area contributed by atoms with E-state index in [-0.39, 0.29) is 18.8 Å². The third-order valence-corrected chi connectivity index (χ3v) is 4.88. The van der Waals surface area contributed by atoms with Crippen LogP contribution in [0.4, 0.5) is 0 Å². The van der Waals surface area contributed by atoms with Crippen molar-refractivity contribution in [1.29, 1.82) is 0 Å². The zero-order chi connectivity index (χ0) is 12.2. The highest BCUT2D eigenvalue weighted by Gasteiger charge is 2.55. The summed E-state index contributed by atoms with van der Waals surface area (Å²) in [5, 5.41) is -0.470. The summed E-state index contributed by atoms with van der Waals surface area (Å²) in [5.74, 6) is 1.23. The van der Waals surface area contributed by atoms with Crippen molar-refractivity contribution in [2.24, 2.45) is 5.73 Å². The minimum atomic E-state index is -3.09. The van der Waals surface area contributed by atoms with Gasteiger partial charge in [-0.15, -0.1) is 0 Å². The van der Waals surface area contributed by atoms with E-state index in [1.807, 2.05) is 12.1 Å². The topological polar surface area (TPSA) is 78.6 Å². The minimum Gasteiger partial charge on any atom is -0.454 e. The molecular formula is C11H13NO4S. The summed E-state index contributed by atoms with van der Waals surface area (Å²) < 4.78 is 33.4. The number of hydrogen-bond acceptors (Lipinski definition) is 5. The first-order valence-corrected chi connectivity index (χ1v) is 7.28. The Balaban J connectivity index is 1.92. The molecule has 1 aromatic carbocycles. The van der Waals surface area contributed by atoms with Crippen molar-refractivity contribution >= 4 is 9.84 Å². The van der Waals surface area contributed by atoms with E-state index in [0.717, 1.165) is 5.56 Å². The predicted octanol–water partition coefficient (Wildman–Crippen LogP) is 0.253. The third kappa shape index (κ3) is 1.68. The summed E-state index contributed by atoms with van der Waals surface area (Å²) in [5.41, 5.74) is 6.72. The summed E-state index contributed by atoms with van der Waals surface area (Å²) >= 11 is 0. The van der Waals surface area contributed by atoms with Crippen molar-refractivity contribution in [3.63, 3.8) is 0 Å². The van der Waals surface area contributed by atoms with Gasteiger partial charge in [0.15, 0.2) is 21.3 Å². The lowest BCUT2D eigenvalue weighted by molar-refractivity contribution is 0.174. The summed E-state index contributed by atoms with van der Waals surface area (Å²) in [4.78, 5) is 0. The Kier molecular flexibility index (Phi) is 2.15. The predicted molar refractivity (Wildman–Crippen MR) is 61.9 cm³/mol. The van der Waals surface area contributed by atoms with E-state index in [1.165, 1.54) is 6.26 Å². The molecule has 0 unspecified atom stereocenters. The Hall–Kier alpha value is -1.27. The van der Waals surface area contributed by atoms with Gasteiger partial charge in [-0.2, -0.15) is 0 Å². The quantitative estimate of drug-likeness (QED) is 0.819. The van der Waals surface area contributed by atoms with E-state index in [0.29, 0.717) is 11.5 Å². The van der Waals surface area contributed by atoms with Gasteiger partial charge in [-0.05, 0) is 17.7 Å². The lowest BCUT2D eigenvalue weighted by Gasteiger charge is -2.01. The van der Waals surface area contributed by atoms with Crippen molar-refractivity contribution < 1.29 is 17.9 Å². The number of ether oxygens (including phenoxy) is 2. The first-order valence-electron chi connectivity index (χ1n) is 5.32. The van der Waals surface area contributed by atoms with E-state index in [1.54, 1.807) is 6.07 Å². The largest absolute Gasteiger partial charge is 0.454 e. The smallest absolute Gasteiger partial charge is 0.231 e. The van der Waals surface area contributed by atoms with Gasteiger partial charge in [0.1, 0.15) is 0 Å². The van der Waals surface area contributed by atoms with Crippen molar-refractivity contribution in [3.05, 3.63) is 23.8 Å². The molecule has 3 rings (SSSR count). The monoisotopic (exact) mass is 255 g/mol. The fraction of sp³-hybridized carbons (Fsp3) is 0.455. The molecule has 3 atom stereocenters. The number of hydrogen-bond donors (Lipinski definition) is 1. The zero-order valence-electron chi connectivity index (χ0n) is 9.29. The Morgan fingerprint density at radius 1 is 1.29 bits per heavy atom. The van der Waals surface area contributed by atoms with Crippen LogP contribution >= 0.6 is 0 Å². The minimum absolute atomic E-state index is 0.125. The van der Waals surface area contributed by atoms with Gasteiger partial charge in [0.05, 0.1) is 5.25 Å². The molecular weight excluding hydrogens is 242 g/mol. The zero-order valence-corrected chi connectivity index (χ0v) is 10.1. The first kappa shape index (κ1) is 10.9. The maximum Gasteiger partial charge on any atom is 0.231 e. The second-order valence-electron chi connectivity index (χ2n) is 4.51. The van der Waals surface area contributed by atoms with Crippen molar-refractivity contribution in [2.75, 3.05) is 13.0 Å². The van der Waals surface area contributed by atoms with Gasteiger partial charge in [-0.3, -0.25) is 0 Å². The Morgan fingerprint density at radius 2 is 2.00 bits per heavy atom. The molecule has 1 fully saturated rings. The second kappa shape index (κ2) is 3.36. The molecule has 0 saturated heterocycles. The van der Waals surface area contributed by atoms with E-state index in [2.05, 4.69) is 0 Å². The van der Waals surface area contributed by atoms with Gasteiger partial charge in [-0.25, -0.2) is 8.42 Å². The lowest BCUT2D eigenvalue weighted by atomic mass is 10.1. The molecule has 1 aromatic rings. The Labute approximate surface area is 99.4 Å². The van der Waals surface area contributed by atoms with Crippen LogP contribution < -0.4 is 15.2 Å². The molecule has 5 nitrogen and oxygen atoms in total. The van der Waals surface area contributed by atoms with Crippen LogP contribution in [-0.4, -0.2) is 32.8 Å². The van der Waals surface area contributed by atoms with E-state index >= 15 is 0 Å². The number of sulfone groups is 1. The molecule has 0 aromatic heterocycles. The van der Waals surface area contributed by atoms with Crippen LogP contribution in [0.1, 0.15) is 11.5 Å². The average Bonchev–Trinajstić information content (AvgIpc) is 2.73. The molecule has 1 saturated carbocycles. The molecule has 6 heteroatoms. The average molecular weight is 255 g/mol. The Morgan fingerprint density at radius 3 is 2.65 bits per heavy atom. The molecule has 1 aliphatic carbocycles. The van der Waals surface area contributed by atoms with Crippen LogP contribution in [0.15, 0.2) is 18.2 Å². The van der Waals surface area contributed by atoms with Gasteiger partial charge in [0.2, 0.25) is 6.79 Å². The van der Waals surface area contributed by atoms with Crippen LogP contribution in [0, 0.1) is 0 Å². The standard InChI is InChI=1S/C11H13NO4S/c1-17(13,14)11-9(10(11)12)6-2-3-7-8(4-6)16-5-15-7/h2-4,9-11H,5,12H2,1H3/t9-,10-,11+/m0/s1. The summed E-state index contributed by atoms with van der Waals surface area (Å²) in [6.45, 7) is 0.213. The number of nitrogens with two attached hydrogens (primary N) is 1. The summed E-state index contributed by atoms with van der Waals surface area (Å²) in [6.07, 6.45) is 1.23. The Bertz CT molecular complexity index is 569. The normalized spacial score (nSPS) is 30.4. The molecule has 0 amide bonds. The highest BCUT2D eigenvalue weighted by molar-refractivity contribution is 7.91. The molecule has 0 bridgehead atoms. The van der Waals surface area contributed by atoms with E-state index in [4.69, 9.17) is 15.2 Å². The van der Waals surface area contributed by atoms with Crippen LogP contribution in [0.3, 0.4) is 0 Å². The second-order valence-corrected chi connectivity index (χ2v) is 6.71. The first-order chi connectivity index (χ1) is 7.98.